The summed E-state index contributed by atoms with van der Waals surface area (Å²) in [7, 11) is 1.71. The van der Waals surface area contributed by atoms with E-state index in [2.05, 4.69) is 26.1 Å². The maximum absolute atomic E-state index is 12.4. The van der Waals surface area contributed by atoms with E-state index in [0.29, 0.717) is 34.6 Å². The highest BCUT2D eigenvalue weighted by Gasteiger charge is 2.15. The van der Waals surface area contributed by atoms with Gasteiger partial charge in [0.2, 0.25) is 17.6 Å². The van der Waals surface area contributed by atoms with Crippen LogP contribution < -0.4 is 0 Å². The Bertz CT molecular complexity index is 962. The minimum absolute atomic E-state index is 0.0247. The second kappa shape index (κ2) is 8.87. The van der Waals surface area contributed by atoms with Crippen molar-refractivity contribution in [1.82, 2.24) is 15.0 Å². The van der Waals surface area contributed by atoms with E-state index < -0.39 is 0 Å². The molecule has 8 heteroatoms. The third-order valence-corrected chi connectivity index (χ3v) is 5.19. The first-order valence-corrected chi connectivity index (χ1v) is 9.73. The zero-order chi connectivity index (χ0) is 19.4. The van der Waals surface area contributed by atoms with E-state index in [9.17, 15) is 4.79 Å². The third kappa shape index (κ3) is 5.31. The second-order valence-corrected chi connectivity index (χ2v) is 7.75. The molecule has 3 rings (SSSR count). The van der Waals surface area contributed by atoms with Crippen LogP contribution in [0.15, 0.2) is 51.5 Å². The molecule has 0 atom stereocenters. The standard InChI is InChI=1S/C19H16BrCl2N3O2/c1-25(18(26)8-6-12-5-7-15(21)16(22)9-12)11-17-23-19(24-27-17)13-3-2-4-14(20)10-13/h2-5,7,9-10H,6,8,11H2,1H3. The maximum Gasteiger partial charge on any atom is 0.246 e. The van der Waals surface area contributed by atoms with Gasteiger partial charge in [0, 0.05) is 23.5 Å². The van der Waals surface area contributed by atoms with Crippen LogP contribution in [0.25, 0.3) is 11.4 Å². The molecule has 2 aromatic carbocycles. The van der Waals surface area contributed by atoms with Crippen LogP contribution in [0.2, 0.25) is 10.0 Å². The molecule has 0 spiro atoms. The molecule has 0 aliphatic rings. The molecule has 27 heavy (non-hydrogen) atoms. The second-order valence-electron chi connectivity index (χ2n) is 6.02. The zero-order valence-corrected chi connectivity index (χ0v) is 17.6. The number of rotatable bonds is 6. The van der Waals surface area contributed by atoms with E-state index in [1.54, 1.807) is 24.1 Å². The Morgan fingerprint density at radius 3 is 2.74 bits per heavy atom. The van der Waals surface area contributed by atoms with E-state index in [-0.39, 0.29) is 12.5 Å². The molecule has 0 aliphatic carbocycles. The molecule has 0 fully saturated rings. The predicted octanol–water partition coefficient (Wildman–Crippen LogP) is 5.40. The summed E-state index contributed by atoms with van der Waals surface area (Å²) in [5.41, 5.74) is 1.80. The lowest BCUT2D eigenvalue weighted by Crippen LogP contribution is -2.26. The molecular weight excluding hydrogens is 453 g/mol. The molecule has 0 saturated heterocycles. The van der Waals surface area contributed by atoms with Crippen molar-refractivity contribution in [2.24, 2.45) is 0 Å². The fraction of sp³-hybridized carbons (Fsp3) is 0.211. The summed E-state index contributed by atoms with van der Waals surface area (Å²) in [6, 6.07) is 13.0. The van der Waals surface area contributed by atoms with E-state index in [0.717, 1.165) is 15.6 Å². The molecule has 0 bridgehead atoms. The SMILES string of the molecule is CN(Cc1nc(-c2cccc(Br)c2)no1)C(=O)CCc1ccc(Cl)c(Cl)c1. The molecule has 0 radical (unpaired) electrons. The van der Waals surface area contributed by atoms with Crippen molar-refractivity contribution in [1.29, 1.82) is 0 Å². The Morgan fingerprint density at radius 2 is 2.00 bits per heavy atom. The monoisotopic (exact) mass is 467 g/mol. The Kier molecular flexibility index (Phi) is 6.52. The van der Waals surface area contributed by atoms with Crippen molar-refractivity contribution in [2.75, 3.05) is 7.05 Å². The maximum atomic E-state index is 12.4. The Labute approximate surface area is 175 Å². The highest BCUT2D eigenvalue weighted by Crippen LogP contribution is 2.23. The lowest BCUT2D eigenvalue weighted by atomic mass is 10.1. The molecule has 0 unspecified atom stereocenters. The molecule has 1 heterocycles. The van der Waals surface area contributed by atoms with E-state index in [1.807, 2.05) is 30.3 Å². The molecule has 0 saturated carbocycles. The van der Waals surface area contributed by atoms with Gasteiger partial charge in [-0.15, -0.1) is 0 Å². The third-order valence-electron chi connectivity index (χ3n) is 3.96. The van der Waals surface area contributed by atoms with Crippen LogP contribution in [0.1, 0.15) is 17.9 Å². The number of benzene rings is 2. The Balaban J connectivity index is 1.57. The van der Waals surface area contributed by atoms with E-state index >= 15 is 0 Å². The van der Waals surface area contributed by atoms with Crippen LogP contribution in [0.4, 0.5) is 0 Å². The summed E-state index contributed by atoms with van der Waals surface area (Å²) in [6.45, 7) is 0.251. The van der Waals surface area contributed by atoms with Gasteiger partial charge in [-0.1, -0.05) is 62.5 Å². The predicted molar refractivity (Wildman–Crippen MR) is 109 cm³/mol. The fourth-order valence-electron chi connectivity index (χ4n) is 2.49. The molecule has 3 aromatic rings. The van der Waals surface area contributed by atoms with Crippen LogP contribution in [0.5, 0.6) is 0 Å². The molecule has 1 amide bonds. The molecular formula is C19H16BrCl2N3O2. The number of aromatic nitrogens is 2. The van der Waals surface area contributed by atoms with Crippen molar-refractivity contribution in [3.8, 4) is 11.4 Å². The summed E-state index contributed by atoms with van der Waals surface area (Å²) in [5, 5.41) is 4.97. The fourth-order valence-corrected chi connectivity index (χ4v) is 3.21. The lowest BCUT2D eigenvalue weighted by Gasteiger charge is -2.14. The summed E-state index contributed by atoms with van der Waals surface area (Å²) in [5.74, 6) is 0.849. The Hall–Kier alpha value is -1.89. The van der Waals surface area contributed by atoms with Crippen molar-refractivity contribution in [3.05, 3.63) is 68.4 Å². The average Bonchev–Trinajstić information content (AvgIpc) is 3.11. The number of carbonyl (C=O) groups excluding carboxylic acids is 1. The first-order chi connectivity index (χ1) is 12.9. The van der Waals surface area contributed by atoms with Gasteiger partial charge in [-0.25, -0.2) is 0 Å². The lowest BCUT2D eigenvalue weighted by molar-refractivity contribution is -0.130. The first kappa shape index (κ1) is 19.9. The van der Waals surface area contributed by atoms with Crippen molar-refractivity contribution >= 4 is 45.0 Å². The minimum Gasteiger partial charge on any atom is -0.337 e. The molecule has 0 N–H and O–H groups in total. The highest BCUT2D eigenvalue weighted by molar-refractivity contribution is 9.10. The van der Waals surface area contributed by atoms with Crippen molar-refractivity contribution in [2.45, 2.75) is 19.4 Å². The molecule has 1 aromatic heterocycles. The van der Waals surface area contributed by atoms with Gasteiger partial charge >= 0.3 is 0 Å². The van der Waals surface area contributed by atoms with Crippen LogP contribution in [-0.2, 0) is 17.8 Å². The van der Waals surface area contributed by atoms with Crippen LogP contribution in [0.3, 0.4) is 0 Å². The quantitative estimate of drug-likeness (QED) is 0.486. The van der Waals surface area contributed by atoms with Gasteiger partial charge in [0.25, 0.3) is 0 Å². The van der Waals surface area contributed by atoms with Gasteiger partial charge in [-0.2, -0.15) is 4.98 Å². The summed E-state index contributed by atoms with van der Waals surface area (Å²) < 4.78 is 6.20. The van der Waals surface area contributed by atoms with Crippen LogP contribution in [-0.4, -0.2) is 28.0 Å². The van der Waals surface area contributed by atoms with Crippen LogP contribution >= 0.6 is 39.1 Å². The van der Waals surface area contributed by atoms with Crippen molar-refractivity contribution < 1.29 is 9.32 Å². The smallest absolute Gasteiger partial charge is 0.246 e. The Morgan fingerprint density at radius 1 is 1.19 bits per heavy atom. The van der Waals surface area contributed by atoms with E-state index in [4.69, 9.17) is 27.7 Å². The molecule has 0 aliphatic heterocycles. The van der Waals surface area contributed by atoms with Crippen molar-refractivity contribution in [3.63, 3.8) is 0 Å². The summed E-state index contributed by atoms with van der Waals surface area (Å²) in [4.78, 5) is 18.3. The number of carbonyl (C=O) groups is 1. The van der Waals surface area contributed by atoms with Crippen LogP contribution in [0, 0.1) is 0 Å². The van der Waals surface area contributed by atoms with Gasteiger partial charge in [0.05, 0.1) is 16.6 Å². The zero-order valence-electron chi connectivity index (χ0n) is 14.5. The largest absolute Gasteiger partial charge is 0.337 e. The normalized spacial score (nSPS) is 10.8. The molecule has 5 nitrogen and oxygen atoms in total. The topological polar surface area (TPSA) is 59.2 Å². The number of hydrogen-bond acceptors (Lipinski definition) is 4. The van der Waals surface area contributed by atoms with Gasteiger partial charge in [0.15, 0.2) is 0 Å². The van der Waals surface area contributed by atoms with Gasteiger partial charge in [0.1, 0.15) is 0 Å². The van der Waals surface area contributed by atoms with Gasteiger partial charge in [-0.05, 0) is 36.2 Å². The average molecular weight is 469 g/mol. The van der Waals surface area contributed by atoms with Gasteiger partial charge < -0.3 is 9.42 Å². The first-order valence-electron chi connectivity index (χ1n) is 8.19. The number of hydrogen-bond donors (Lipinski definition) is 0. The van der Waals surface area contributed by atoms with E-state index in [1.165, 1.54) is 0 Å². The highest BCUT2D eigenvalue weighted by atomic mass is 79.9. The summed E-state index contributed by atoms with van der Waals surface area (Å²) >= 11 is 15.3. The number of amides is 1. The minimum atomic E-state index is -0.0247. The molecule has 140 valence electrons. The van der Waals surface area contributed by atoms with Gasteiger partial charge in [-0.3, -0.25) is 4.79 Å². The summed E-state index contributed by atoms with van der Waals surface area (Å²) in [6.07, 6.45) is 0.925. The number of nitrogens with zero attached hydrogens (tertiary/aromatic N) is 3. The number of halogens is 3. The number of aryl methyl sites for hydroxylation is 1.